The minimum atomic E-state index is 0.0954. The number of piperazine rings is 1. The second-order valence-electron chi connectivity index (χ2n) is 6.06. The molecule has 1 N–H and O–H groups in total. The van der Waals surface area contributed by atoms with Gasteiger partial charge in [0.2, 0.25) is 11.9 Å². The Labute approximate surface area is 157 Å². The van der Waals surface area contributed by atoms with Crippen molar-refractivity contribution in [2.45, 2.75) is 13.8 Å². The third kappa shape index (κ3) is 3.96. The summed E-state index contributed by atoms with van der Waals surface area (Å²) in [6.07, 6.45) is 1.62. The molecular formula is C17H21ClN6O2. The number of aryl methyl sites for hydroxylation is 1. The molecule has 0 spiro atoms. The van der Waals surface area contributed by atoms with Crippen LogP contribution in [0.3, 0.4) is 0 Å². The summed E-state index contributed by atoms with van der Waals surface area (Å²) in [6.45, 7) is 6.27. The molecule has 1 amide bonds. The molecule has 0 unspecified atom stereocenters. The molecule has 2 heterocycles. The number of benzene rings is 1. The van der Waals surface area contributed by atoms with Crippen molar-refractivity contribution in [1.82, 2.24) is 20.1 Å². The maximum atomic E-state index is 11.4. The summed E-state index contributed by atoms with van der Waals surface area (Å²) in [5.41, 5.74) is 1.63. The number of anilines is 3. The van der Waals surface area contributed by atoms with Crippen molar-refractivity contribution in [3.05, 3.63) is 28.9 Å². The monoisotopic (exact) mass is 376 g/mol. The Kier molecular flexibility index (Phi) is 5.41. The number of methoxy groups -OCH3 is 1. The fraction of sp³-hybridized carbons (Fsp3) is 0.412. The van der Waals surface area contributed by atoms with Gasteiger partial charge in [-0.25, -0.2) is 0 Å². The van der Waals surface area contributed by atoms with Crippen LogP contribution in [0.2, 0.25) is 5.02 Å². The molecule has 0 aliphatic carbocycles. The van der Waals surface area contributed by atoms with Gasteiger partial charge in [0, 0.05) is 44.2 Å². The van der Waals surface area contributed by atoms with E-state index in [0.717, 1.165) is 17.1 Å². The van der Waals surface area contributed by atoms with E-state index in [1.165, 1.54) is 0 Å². The number of carbonyl (C=O) groups is 1. The first-order chi connectivity index (χ1) is 12.5. The second-order valence-corrected chi connectivity index (χ2v) is 6.47. The van der Waals surface area contributed by atoms with Crippen LogP contribution in [0.1, 0.15) is 12.5 Å². The number of aromatic nitrogens is 3. The first kappa shape index (κ1) is 18.2. The van der Waals surface area contributed by atoms with Gasteiger partial charge in [0.05, 0.1) is 19.0 Å². The van der Waals surface area contributed by atoms with Crippen molar-refractivity contribution in [2.75, 3.05) is 43.5 Å². The topological polar surface area (TPSA) is 83.5 Å². The Hall–Kier alpha value is -2.61. The number of halogens is 1. The molecule has 138 valence electrons. The van der Waals surface area contributed by atoms with Gasteiger partial charge in [-0.05, 0) is 18.6 Å². The molecule has 0 radical (unpaired) electrons. The summed E-state index contributed by atoms with van der Waals surface area (Å²) in [5, 5.41) is 11.9. The second kappa shape index (κ2) is 7.74. The molecule has 8 nitrogen and oxygen atoms in total. The van der Waals surface area contributed by atoms with Crippen LogP contribution in [0.15, 0.2) is 18.3 Å². The summed E-state index contributed by atoms with van der Waals surface area (Å²) in [7, 11) is 1.58. The lowest BCUT2D eigenvalue weighted by Gasteiger charge is -2.34. The van der Waals surface area contributed by atoms with Gasteiger partial charge in [0.15, 0.2) is 5.82 Å². The standard InChI is InChI=1S/C17H21ClN6O2/c1-11-8-14(15(26-3)9-13(11)18)20-17-21-16(10-19-22-17)24-6-4-23(5-7-24)12(2)25/h8-10H,4-7H2,1-3H3,(H,20,21,22). The molecule has 1 aromatic carbocycles. The maximum absolute atomic E-state index is 11.4. The maximum Gasteiger partial charge on any atom is 0.249 e. The molecule has 9 heteroatoms. The number of nitrogens with one attached hydrogen (secondary N) is 1. The van der Waals surface area contributed by atoms with Crippen molar-refractivity contribution >= 4 is 35.0 Å². The average molecular weight is 377 g/mol. The Morgan fingerprint density at radius 2 is 2.00 bits per heavy atom. The van der Waals surface area contributed by atoms with Crippen molar-refractivity contribution in [2.24, 2.45) is 0 Å². The molecule has 0 saturated carbocycles. The van der Waals surface area contributed by atoms with Gasteiger partial charge in [-0.15, -0.1) is 5.10 Å². The predicted octanol–water partition coefficient (Wildman–Crippen LogP) is 2.25. The van der Waals surface area contributed by atoms with Crippen molar-refractivity contribution < 1.29 is 9.53 Å². The van der Waals surface area contributed by atoms with Gasteiger partial charge in [-0.1, -0.05) is 11.6 Å². The van der Waals surface area contributed by atoms with Gasteiger partial charge in [0.1, 0.15) is 5.75 Å². The fourth-order valence-corrected chi connectivity index (χ4v) is 2.95. The Bertz CT molecular complexity index is 808. The highest BCUT2D eigenvalue weighted by molar-refractivity contribution is 6.31. The van der Waals surface area contributed by atoms with E-state index >= 15 is 0 Å². The number of hydrogen-bond donors (Lipinski definition) is 1. The molecule has 1 aromatic heterocycles. The van der Waals surface area contributed by atoms with E-state index in [4.69, 9.17) is 16.3 Å². The smallest absolute Gasteiger partial charge is 0.249 e. The Morgan fingerprint density at radius 3 is 2.65 bits per heavy atom. The molecule has 0 bridgehead atoms. The summed E-state index contributed by atoms with van der Waals surface area (Å²) in [4.78, 5) is 19.9. The highest BCUT2D eigenvalue weighted by atomic mass is 35.5. The molecule has 2 aromatic rings. The molecule has 1 aliphatic rings. The van der Waals surface area contributed by atoms with Crippen molar-refractivity contribution in [3.8, 4) is 5.75 Å². The fourth-order valence-electron chi connectivity index (χ4n) is 2.80. The predicted molar refractivity (Wildman–Crippen MR) is 100 cm³/mol. The molecule has 3 rings (SSSR count). The van der Waals surface area contributed by atoms with Gasteiger partial charge in [0.25, 0.3) is 0 Å². The molecular weight excluding hydrogens is 356 g/mol. The van der Waals surface area contributed by atoms with E-state index in [2.05, 4.69) is 25.4 Å². The van der Waals surface area contributed by atoms with Crippen LogP contribution in [0.4, 0.5) is 17.5 Å². The first-order valence-corrected chi connectivity index (χ1v) is 8.67. The minimum absolute atomic E-state index is 0.0954. The van der Waals surface area contributed by atoms with E-state index in [-0.39, 0.29) is 5.91 Å². The van der Waals surface area contributed by atoms with Crippen molar-refractivity contribution in [1.29, 1.82) is 0 Å². The largest absolute Gasteiger partial charge is 0.495 e. The molecule has 0 atom stereocenters. The molecule has 1 fully saturated rings. The molecule has 26 heavy (non-hydrogen) atoms. The zero-order valence-electron chi connectivity index (χ0n) is 15.0. The number of hydrogen-bond acceptors (Lipinski definition) is 7. The van der Waals surface area contributed by atoms with E-state index in [1.54, 1.807) is 26.3 Å². The zero-order valence-corrected chi connectivity index (χ0v) is 15.7. The van der Waals surface area contributed by atoms with Crippen LogP contribution in [0, 0.1) is 6.92 Å². The summed E-state index contributed by atoms with van der Waals surface area (Å²) < 4.78 is 5.36. The Morgan fingerprint density at radius 1 is 1.27 bits per heavy atom. The van der Waals surface area contributed by atoms with E-state index in [0.29, 0.717) is 42.9 Å². The third-order valence-corrected chi connectivity index (χ3v) is 4.73. The van der Waals surface area contributed by atoms with Gasteiger partial charge in [-0.3, -0.25) is 4.79 Å². The van der Waals surface area contributed by atoms with Crippen LogP contribution in [-0.4, -0.2) is 59.3 Å². The van der Waals surface area contributed by atoms with Crippen LogP contribution in [-0.2, 0) is 4.79 Å². The van der Waals surface area contributed by atoms with Gasteiger partial charge in [-0.2, -0.15) is 10.1 Å². The van der Waals surface area contributed by atoms with Crippen molar-refractivity contribution in [3.63, 3.8) is 0 Å². The highest BCUT2D eigenvalue weighted by Gasteiger charge is 2.20. The van der Waals surface area contributed by atoms with E-state index in [9.17, 15) is 4.79 Å². The molecule has 1 saturated heterocycles. The first-order valence-electron chi connectivity index (χ1n) is 8.29. The number of ether oxygens (including phenoxy) is 1. The van der Waals surface area contributed by atoms with E-state index in [1.807, 2.05) is 17.9 Å². The number of nitrogens with zero attached hydrogens (tertiary/aromatic N) is 5. The normalized spacial score (nSPS) is 14.3. The van der Waals surface area contributed by atoms with Gasteiger partial charge >= 0.3 is 0 Å². The van der Waals surface area contributed by atoms with Gasteiger partial charge < -0.3 is 19.9 Å². The van der Waals surface area contributed by atoms with E-state index < -0.39 is 0 Å². The Balaban J connectivity index is 1.76. The SMILES string of the molecule is COc1cc(Cl)c(C)cc1Nc1nncc(N2CCN(C(C)=O)CC2)n1. The lowest BCUT2D eigenvalue weighted by Crippen LogP contribution is -2.48. The quantitative estimate of drug-likeness (QED) is 0.876. The number of amides is 1. The average Bonchev–Trinajstić information content (AvgIpc) is 2.65. The minimum Gasteiger partial charge on any atom is -0.495 e. The number of carbonyl (C=O) groups excluding carboxylic acids is 1. The van der Waals surface area contributed by atoms with Crippen LogP contribution >= 0.6 is 11.6 Å². The summed E-state index contributed by atoms with van der Waals surface area (Å²) in [6, 6.07) is 3.63. The molecule has 1 aliphatic heterocycles. The lowest BCUT2D eigenvalue weighted by atomic mass is 10.2. The number of rotatable bonds is 4. The summed E-state index contributed by atoms with van der Waals surface area (Å²) in [5.74, 6) is 1.79. The van der Waals surface area contributed by atoms with Crippen LogP contribution in [0.5, 0.6) is 5.75 Å². The van der Waals surface area contributed by atoms with Crippen LogP contribution in [0.25, 0.3) is 0 Å². The third-order valence-electron chi connectivity index (χ3n) is 4.32. The summed E-state index contributed by atoms with van der Waals surface area (Å²) >= 11 is 6.14. The zero-order chi connectivity index (χ0) is 18.7. The highest BCUT2D eigenvalue weighted by Crippen LogP contribution is 2.32. The van der Waals surface area contributed by atoms with Crippen LogP contribution < -0.4 is 15.0 Å². The lowest BCUT2D eigenvalue weighted by molar-refractivity contribution is -0.129.